The minimum absolute atomic E-state index is 1.13. The predicted molar refractivity (Wildman–Crippen MR) is 193 cm³/mol. The van der Waals surface area contributed by atoms with Gasteiger partial charge in [-0.2, -0.15) is 0 Å². The Morgan fingerprint density at radius 2 is 0.522 bits per heavy atom. The van der Waals surface area contributed by atoms with Crippen LogP contribution in [-0.2, 0) is 0 Å². The van der Waals surface area contributed by atoms with Crippen molar-refractivity contribution < 1.29 is 0 Å². The Hall–Kier alpha value is -5.74. The van der Waals surface area contributed by atoms with E-state index in [0.29, 0.717) is 0 Å². The molecule has 4 heteroatoms. The van der Waals surface area contributed by atoms with Crippen LogP contribution in [0, 0.1) is 27.7 Å². The monoisotopic (exact) mass is 594 g/mol. The summed E-state index contributed by atoms with van der Waals surface area (Å²) in [6, 6.07) is 39.7. The molecule has 4 nitrogen and oxygen atoms in total. The summed E-state index contributed by atoms with van der Waals surface area (Å²) >= 11 is 0. The third-order valence-corrected chi connectivity index (χ3v) is 9.75. The zero-order chi connectivity index (χ0) is 31.1. The Morgan fingerprint density at radius 3 is 0.761 bits per heavy atom. The van der Waals surface area contributed by atoms with E-state index >= 15 is 0 Å². The van der Waals surface area contributed by atoms with Gasteiger partial charge in [0.25, 0.3) is 0 Å². The van der Waals surface area contributed by atoms with E-state index < -0.39 is 0 Å². The summed E-state index contributed by atoms with van der Waals surface area (Å²) in [5, 5.41) is 5.06. The van der Waals surface area contributed by atoms with Crippen LogP contribution in [0.15, 0.2) is 134 Å². The SMILES string of the molecule is Cc1cn(-c2cc(-n3cc(C)c4ccccc43)c(-n3cc(C)c4ccccc43)cc2-n2cc(C)c3ccccc32)c2ccccc12. The van der Waals surface area contributed by atoms with E-state index in [0.717, 1.165) is 22.7 Å². The maximum atomic E-state index is 2.40. The molecule has 0 radical (unpaired) electrons. The summed E-state index contributed by atoms with van der Waals surface area (Å²) in [4.78, 5) is 0. The van der Waals surface area contributed by atoms with Crippen LogP contribution in [0.3, 0.4) is 0 Å². The maximum absolute atomic E-state index is 2.40. The lowest BCUT2D eigenvalue weighted by molar-refractivity contribution is 0.993. The Kier molecular flexibility index (Phi) is 5.72. The number of rotatable bonds is 4. The summed E-state index contributed by atoms with van der Waals surface area (Å²) in [7, 11) is 0. The fourth-order valence-electron chi connectivity index (χ4n) is 7.52. The van der Waals surface area contributed by atoms with Crippen LogP contribution in [0.2, 0.25) is 0 Å². The first-order valence-corrected chi connectivity index (χ1v) is 15.9. The number of nitrogens with zero attached hydrogens (tertiary/aromatic N) is 4. The van der Waals surface area contributed by atoms with E-state index in [9.17, 15) is 0 Å². The van der Waals surface area contributed by atoms with Gasteiger partial charge in [-0.1, -0.05) is 72.8 Å². The van der Waals surface area contributed by atoms with Crippen molar-refractivity contribution in [3.8, 4) is 22.7 Å². The minimum Gasteiger partial charge on any atom is -0.314 e. The van der Waals surface area contributed by atoms with Gasteiger partial charge in [0.2, 0.25) is 0 Å². The number of hydrogen-bond acceptors (Lipinski definition) is 0. The number of hydrogen-bond donors (Lipinski definition) is 0. The van der Waals surface area contributed by atoms with Crippen LogP contribution in [-0.4, -0.2) is 18.3 Å². The van der Waals surface area contributed by atoms with Gasteiger partial charge in [-0.3, -0.25) is 0 Å². The molecule has 4 aromatic heterocycles. The lowest BCUT2D eigenvalue weighted by atomic mass is 10.1. The average molecular weight is 595 g/mol. The molecule has 46 heavy (non-hydrogen) atoms. The zero-order valence-corrected chi connectivity index (χ0v) is 26.5. The van der Waals surface area contributed by atoms with Crippen molar-refractivity contribution in [2.24, 2.45) is 0 Å². The van der Waals surface area contributed by atoms with Crippen molar-refractivity contribution in [2.45, 2.75) is 27.7 Å². The highest BCUT2D eigenvalue weighted by Gasteiger charge is 2.22. The van der Waals surface area contributed by atoms with Crippen molar-refractivity contribution in [2.75, 3.05) is 0 Å². The summed E-state index contributed by atoms with van der Waals surface area (Å²) in [6.45, 7) is 8.84. The van der Waals surface area contributed by atoms with Gasteiger partial charge in [0.1, 0.15) is 0 Å². The van der Waals surface area contributed by atoms with Crippen molar-refractivity contribution in [3.63, 3.8) is 0 Å². The Bertz CT molecular complexity index is 2270. The second-order valence-corrected chi connectivity index (χ2v) is 12.6. The molecule has 0 bridgehead atoms. The first kappa shape index (κ1) is 26.6. The first-order chi connectivity index (χ1) is 22.5. The smallest absolute Gasteiger partial charge is 0.0719 e. The molecule has 0 aliphatic carbocycles. The van der Waals surface area contributed by atoms with Gasteiger partial charge >= 0.3 is 0 Å². The van der Waals surface area contributed by atoms with Gasteiger partial charge in [0.05, 0.1) is 44.8 Å². The van der Waals surface area contributed by atoms with Crippen LogP contribution < -0.4 is 0 Å². The highest BCUT2D eigenvalue weighted by molar-refractivity contribution is 5.92. The molecule has 0 amide bonds. The first-order valence-electron chi connectivity index (χ1n) is 15.9. The van der Waals surface area contributed by atoms with Crippen molar-refractivity contribution in [1.82, 2.24) is 18.3 Å². The molecule has 0 fully saturated rings. The maximum Gasteiger partial charge on any atom is 0.0719 e. The van der Waals surface area contributed by atoms with E-state index in [1.165, 1.54) is 65.9 Å². The summed E-state index contributed by atoms with van der Waals surface area (Å²) < 4.78 is 9.54. The van der Waals surface area contributed by atoms with E-state index in [2.05, 4.69) is 180 Å². The molecular weight excluding hydrogens is 560 g/mol. The van der Waals surface area contributed by atoms with Crippen LogP contribution in [0.5, 0.6) is 0 Å². The van der Waals surface area contributed by atoms with E-state index in [1.807, 2.05) is 0 Å². The van der Waals surface area contributed by atoms with Gasteiger partial charge in [-0.05, 0) is 86.3 Å². The fraction of sp³-hybridized carbons (Fsp3) is 0.0952. The molecule has 0 aliphatic rings. The third kappa shape index (κ3) is 3.80. The second kappa shape index (κ2) is 9.88. The molecule has 0 spiro atoms. The van der Waals surface area contributed by atoms with E-state index in [-0.39, 0.29) is 0 Å². The molecule has 0 saturated heterocycles. The molecule has 0 N–H and O–H groups in total. The number of aromatic nitrogens is 4. The Morgan fingerprint density at radius 1 is 0.304 bits per heavy atom. The highest BCUT2D eigenvalue weighted by Crippen LogP contribution is 2.38. The van der Waals surface area contributed by atoms with Crippen LogP contribution in [0.25, 0.3) is 66.4 Å². The highest BCUT2D eigenvalue weighted by atomic mass is 15.1. The van der Waals surface area contributed by atoms with Crippen LogP contribution in [0.1, 0.15) is 22.3 Å². The zero-order valence-electron chi connectivity index (χ0n) is 26.5. The Labute approximate surface area is 268 Å². The second-order valence-electron chi connectivity index (χ2n) is 12.6. The molecule has 0 atom stereocenters. The molecule has 9 aromatic rings. The largest absolute Gasteiger partial charge is 0.314 e. The standard InChI is InChI=1S/C42H34N4/c1-27-23-43(35-17-9-5-13-31(27)35)39-21-41(45-25-29(3)33-15-7-11-19-37(33)45)42(46-26-30(4)34-16-8-12-20-38(34)46)22-40(39)44-24-28(2)32-14-6-10-18-36(32)44/h5-26H,1-4H3. The van der Waals surface area contributed by atoms with Crippen molar-refractivity contribution >= 4 is 43.6 Å². The minimum atomic E-state index is 1.13. The van der Waals surface area contributed by atoms with Gasteiger partial charge < -0.3 is 18.3 Å². The molecule has 9 rings (SSSR count). The predicted octanol–water partition coefficient (Wildman–Crippen LogP) is 10.7. The molecule has 0 saturated carbocycles. The lowest BCUT2D eigenvalue weighted by Gasteiger charge is -2.21. The van der Waals surface area contributed by atoms with E-state index in [1.54, 1.807) is 0 Å². The third-order valence-electron chi connectivity index (χ3n) is 9.75. The van der Waals surface area contributed by atoms with Crippen LogP contribution >= 0.6 is 0 Å². The van der Waals surface area contributed by atoms with Gasteiger partial charge in [-0.15, -0.1) is 0 Å². The average Bonchev–Trinajstić information content (AvgIpc) is 3.82. The van der Waals surface area contributed by atoms with Crippen molar-refractivity contribution in [1.29, 1.82) is 0 Å². The van der Waals surface area contributed by atoms with Crippen molar-refractivity contribution in [3.05, 3.63) is 156 Å². The Balaban J connectivity index is 1.47. The lowest BCUT2D eigenvalue weighted by Crippen LogP contribution is -2.09. The molecule has 0 unspecified atom stereocenters. The van der Waals surface area contributed by atoms with Crippen LogP contribution in [0.4, 0.5) is 0 Å². The molecule has 222 valence electrons. The fourth-order valence-corrected chi connectivity index (χ4v) is 7.52. The van der Waals surface area contributed by atoms with Gasteiger partial charge in [0.15, 0.2) is 0 Å². The van der Waals surface area contributed by atoms with Gasteiger partial charge in [0, 0.05) is 46.3 Å². The molecule has 5 aromatic carbocycles. The number of para-hydroxylation sites is 4. The van der Waals surface area contributed by atoms with E-state index in [4.69, 9.17) is 0 Å². The summed E-state index contributed by atoms with van der Waals surface area (Å²) in [5.74, 6) is 0. The normalized spacial score (nSPS) is 11.9. The quantitative estimate of drug-likeness (QED) is 0.193. The number of aryl methyl sites for hydroxylation is 4. The number of benzene rings is 5. The molecular formula is C42H34N4. The molecule has 0 aliphatic heterocycles. The summed E-state index contributed by atoms with van der Waals surface area (Å²) in [6.07, 6.45) is 9.17. The van der Waals surface area contributed by atoms with Gasteiger partial charge in [-0.25, -0.2) is 0 Å². The molecule has 4 heterocycles. The summed E-state index contributed by atoms with van der Waals surface area (Å²) in [5.41, 5.74) is 14.4. The number of fused-ring (bicyclic) bond motifs is 4. The topological polar surface area (TPSA) is 19.7 Å².